The number of imide groups is 1. The highest BCUT2D eigenvalue weighted by molar-refractivity contribution is 6.07. The van der Waals surface area contributed by atoms with Gasteiger partial charge in [0.15, 0.2) is 0 Å². The average molecular weight is 470 g/mol. The third-order valence-corrected chi connectivity index (χ3v) is 7.20. The Morgan fingerprint density at radius 2 is 1.91 bits per heavy atom. The fraction of sp³-hybridized carbons (Fsp3) is 0.560. The molecule has 34 heavy (non-hydrogen) atoms. The van der Waals surface area contributed by atoms with Crippen LogP contribution in [0.1, 0.15) is 31.7 Å². The van der Waals surface area contributed by atoms with Crippen molar-refractivity contribution in [2.75, 3.05) is 40.5 Å². The summed E-state index contributed by atoms with van der Waals surface area (Å²) in [5, 5.41) is 4.29. The molecule has 2 aliphatic rings. The van der Waals surface area contributed by atoms with Gasteiger partial charge in [-0.05, 0) is 49.9 Å². The average Bonchev–Trinajstić information content (AvgIpc) is 3.45. The van der Waals surface area contributed by atoms with Crippen LogP contribution in [0.4, 0.5) is 4.79 Å². The van der Waals surface area contributed by atoms with E-state index in [4.69, 9.17) is 9.47 Å². The zero-order valence-corrected chi connectivity index (χ0v) is 20.4. The predicted octanol–water partition coefficient (Wildman–Crippen LogP) is 2.62. The predicted molar refractivity (Wildman–Crippen MR) is 127 cm³/mol. The van der Waals surface area contributed by atoms with E-state index in [-0.39, 0.29) is 18.5 Å². The van der Waals surface area contributed by atoms with Crippen LogP contribution in [-0.2, 0) is 22.6 Å². The summed E-state index contributed by atoms with van der Waals surface area (Å²) >= 11 is 0. The fourth-order valence-electron chi connectivity index (χ4n) is 5.12. The molecule has 0 aliphatic carbocycles. The number of aryl methyl sites for hydroxylation is 1. The van der Waals surface area contributed by atoms with Crippen molar-refractivity contribution in [1.29, 1.82) is 0 Å². The molecule has 9 heteroatoms. The van der Waals surface area contributed by atoms with Crippen LogP contribution in [0.2, 0.25) is 0 Å². The number of carbonyl (C=O) groups is 2. The highest BCUT2D eigenvalue weighted by Crippen LogP contribution is 2.38. The second kappa shape index (κ2) is 10.6. The lowest BCUT2D eigenvalue weighted by atomic mass is 9.85. The summed E-state index contributed by atoms with van der Waals surface area (Å²) in [4.78, 5) is 32.7. The summed E-state index contributed by atoms with van der Waals surface area (Å²) in [7, 11) is 3.23. The number of rotatable bonds is 10. The monoisotopic (exact) mass is 469 g/mol. The van der Waals surface area contributed by atoms with Gasteiger partial charge in [-0.1, -0.05) is 12.1 Å². The number of urea groups is 1. The van der Waals surface area contributed by atoms with Crippen LogP contribution < -0.4 is 4.74 Å². The number of amides is 3. The molecule has 184 valence electrons. The first-order valence-electron chi connectivity index (χ1n) is 12.0. The molecule has 2 aliphatic heterocycles. The highest BCUT2D eigenvalue weighted by Gasteiger charge is 2.57. The van der Waals surface area contributed by atoms with Crippen molar-refractivity contribution in [2.45, 2.75) is 50.9 Å². The molecule has 1 aromatic heterocycles. The molecule has 0 unspecified atom stereocenters. The molecule has 0 saturated carbocycles. The van der Waals surface area contributed by atoms with Crippen LogP contribution in [0.3, 0.4) is 0 Å². The van der Waals surface area contributed by atoms with E-state index >= 15 is 0 Å². The molecule has 3 heterocycles. The number of likely N-dealkylation sites (tertiary alicyclic amines) is 1. The Hall–Kier alpha value is -2.91. The molecular formula is C25H35N5O4. The van der Waals surface area contributed by atoms with Crippen molar-refractivity contribution in [3.63, 3.8) is 0 Å². The quantitative estimate of drug-likeness (QED) is 0.498. The number of aromatic nitrogens is 2. The topological polar surface area (TPSA) is 80.1 Å². The Morgan fingerprint density at radius 1 is 1.12 bits per heavy atom. The van der Waals surface area contributed by atoms with Crippen molar-refractivity contribution >= 4 is 11.9 Å². The zero-order valence-electron chi connectivity index (χ0n) is 20.4. The van der Waals surface area contributed by atoms with Gasteiger partial charge in [-0.15, -0.1) is 0 Å². The normalized spacial score (nSPS) is 19.3. The minimum atomic E-state index is -0.799. The van der Waals surface area contributed by atoms with Crippen molar-refractivity contribution < 1.29 is 19.1 Å². The van der Waals surface area contributed by atoms with Crippen LogP contribution in [-0.4, -0.2) is 88.5 Å². The second-order valence-electron chi connectivity index (χ2n) is 9.14. The largest absolute Gasteiger partial charge is 0.497 e. The maximum Gasteiger partial charge on any atom is 0.328 e. The highest BCUT2D eigenvalue weighted by atomic mass is 16.5. The number of piperidine rings is 1. The number of hydrogen-bond donors (Lipinski definition) is 0. The molecule has 9 nitrogen and oxygen atoms in total. The summed E-state index contributed by atoms with van der Waals surface area (Å²) in [6.07, 6.45) is 6.01. The first kappa shape index (κ1) is 24.2. The van der Waals surface area contributed by atoms with Crippen molar-refractivity contribution in [1.82, 2.24) is 24.5 Å². The smallest absolute Gasteiger partial charge is 0.328 e. The van der Waals surface area contributed by atoms with Crippen molar-refractivity contribution in [3.05, 3.63) is 48.3 Å². The van der Waals surface area contributed by atoms with Gasteiger partial charge in [0.1, 0.15) is 11.3 Å². The van der Waals surface area contributed by atoms with Gasteiger partial charge in [0, 0.05) is 51.7 Å². The number of ether oxygens (including phenoxy) is 2. The number of carbonyl (C=O) groups excluding carboxylic acids is 2. The maximum absolute atomic E-state index is 13.7. The summed E-state index contributed by atoms with van der Waals surface area (Å²) in [6.45, 7) is 5.68. The zero-order chi connectivity index (χ0) is 24.1. The summed E-state index contributed by atoms with van der Waals surface area (Å²) in [5.74, 6) is 0.611. The van der Waals surface area contributed by atoms with Crippen LogP contribution >= 0.6 is 0 Å². The van der Waals surface area contributed by atoms with Gasteiger partial charge in [-0.2, -0.15) is 5.10 Å². The molecule has 2 saturated heterocycles. The molecule has 3 amide bonds. The fourth-order valence-corrected chi connectivity index (χ4v) is 5.12. The number of methoxy groups -OCH3 is 2. The van der Waals surface area contributed by atoms with Gasteiger partial charge >= 0.3 is 6.03 Å². The Labute approximate surface area is 201 Å². The van der Waals surface area contributed by atoms with Gasteiger partial charge < -0.3 is 19.3 Å². The summed E-state index contributed by atoms with van der Waals surface area (Å²) in [5.41, 5.74) is 0.0710. The Bertz CT molecular complexity index is 971. The molecule has 0 radical (unpaired) electrons. The van der Waals surface area contributed by atoms with Gasteiger partial charge in [-0.25, -0.2) is 4.79 Å². The SMILES string of the molecule is COCCN1C(=O)N(Cc2cccc(OC)c2)C(=O)C12CCN([C@H](C)CCn1cccn1)CC2. The standard InChI is InChI=1S/C25H35N5O4/c1-20(8-13-28-12-5-11-26-28)27-14-9-25(10-15-27)23(31)29(24(32)30(25)16-17-33-2)19-21-6-4-7-22(18-21)34-3/h4-7,11-12,18,20H,8-10,13-17,19H2,1-3H3/t20-/m1/s1. The Balaban J connectivity index is 1.46. The molecule has 2 aromatic rings. The van der Waals surface area contributed by atoms with E-state index in [1.54, 1.807) is 25.3 Å². The molecular weight excluding hydrogens is 434 g/mol. The lowest BCUT2D eigenvalue weighted by Crippen LogP contribution is -2.58. The number of hydrogen-bond acceptors (Lipinski definition) is 6. The van der Waals surface area contributed by atoms with Gasteiger partial charge in [0.05, 0.1) is 20.3 Å². The Kier molecular flexibility index (Phi) is 7.53. The number of nitrogens with zero attached hydrogens (tertiary/aromatic N) is 5. The first-order valence-corrected chi connectivity index (χ1v) is 12.0. The maximum atomic E-state index is 13.7. The first-order chi connectivity index (χ1) is 16.5. The van der Waals surface area contributed by atoms with E-state index in [9.17, 15) is 9.59 Å². The minimum absolute atomic E-state index is 0.0970. The van der Waals surface area contributed by atoms with Crippen LogP contribution in [0.5, 0.6) is 5.75 Å². The van der Waals surface area contributed by atoms with E-state index in [0.717, 1.165) is 31.6 Å². The van der Waals surface area contributed by atoms with E-state index in [0.29, 0.717) is 37.8 Å². The Morgan fingerprint density at radius 3 is 2.59 bits per heavy atom. The van der Waals surface area contributed by atoms with Gasteiger partial charge in [-0.3, -0.25) is 14.4 Å². The lowest BCUT2D eigenvalue weighted by Gasteiger charge is -2.44. The third kappa shape index (κ3) is 4.81. The van der Waals surface area contributed by atoms with Crippen molar-refractivity contribution in [2.24, 2.45) is 0 Å². The molecule has 0 bridgehead atoms. The van der Waals surface area contributed by atoms with Crippen molar-refractivity contribution in [3.8, 4) is 5.75 Å². The molecule has 4 rings (SSSR count). The molecule has 2 fully saturated rings. The van der Waals surface area contributed by atoms with Gasteiger partial charge in [0.2, 0.25) is 0 Å². The van der Waals surface area contributed by atoms with Crippen LogP contribution in [0, 0.1) is 0 Å². The van der Waals surface area contributed by atoms with E-state index in [2.05, 4.69) is 16.9 Å². The van der Waals surface area contributed by atoms with E-state index in [1.807, 2.05) is 41.2 Å². The van der Waals surface area contributed by atoms with E-state index < -0.39 is 5.54 Å². The number of benzene rings is 1. The van der Waals surface area contributed by atoms with Crippen LogP contribution in [0.15, 0.2) is 42.7 Å². The second-order valence-corrected chi connectivity index (χ2v) is 9.14. The minimum Gasteiger partial charge on any atom is -0.497 e. The molecule has 1 spiro atoms. The molecule has 0 N–H and O–H groups in total. The van der Waals surface area contributed by atoms with Gasteiger partial charge in [0.25, 0.3) is 5.91 Å². The summed E-state index contributed by atoms with van der Waals surface area (Å²) in [6, 6.07) is 9.59. The third-order valence-electron chi connectivity index (χ3n) is 7.20. The summed E-state index contributed by atoms with van der Waals surface area (Å²) < 4.78 is 12.5. The van der Waals surface area contributed by atoms with E-state index in [1.165, 1.54) is 4.90 Å². The molecule has 1 atom stereocenters. The lowest BCUT2D eigenvalue weighted by molar-refractivity contribution is -0.136. The van der Waals surface area contributed by atoms with Crippen LogP contribution in [0.25, 0.3) is 0 Å². The molecule has 1 aromatic carbocycles.